The molecule has 1 atom stereocenters. The van der Waals surface area contributed by atoms with E-state index < -0.39 is 12.0 Å². The number of carbonyl (C=O) groups excluding carboxylic acids is 1. The number of allylic oxidation sites excluding steroid dienone is 1. The van der Waals surface area contributed by atoms with Crippen LogP contribution in [0.15, 0.2) is 58.9 Å². The van der Waals surface area contributed by atoms with E-state index in [2.05, 4.69) is 36.3 Å². The maximum absolute atomic E-state index is 13.3. The fourth-order valence-electron chi connectivity index (χ4n) is 4.28. The van der Waals surface area contributed by atoms with Gasteiger partial charge in [-0.2, -0.15) is 4.98 Å². The highest BCUT2D eigenvalue weighted by molar-refractivity contribution is 7.99. The van der Waals surface area contributed by atoms with Gasteiger partial charge in [0, 0.05) is 11.4 Å². The fraction of sp³-hybridized carbons (Fsp3) is 0.414. The molecule has 38 heavy (non-hydrogen) atoms. The maximum atomic E-state index is 13.3. The van der Waals surface area contributed by atoms with E-state index in [4.69, 9.17) is 19.3 Å². The molecule has 1 aliphatic heterocycles. The SMILES string of the molecule is CCCSc1nc2n(n1)C(c1ccc(OCc3cccc(C)c3)c(OCC)c1)C(C(=O)OC(C)C)=C(C)N2. The van der Waals surface area contributed by atoms with Crippen LogP contribution < -0.4 is 14.8 Å². The van der Waals surface area contributed by atoms with Crippen molar-refractivity contribution in [2.75, 3.05) is 17.7 Å². The smallest absolute Gasteiger partial charge is 0.338 e. The second-order valence-electron chi connectivity index (χ2n) is 9.45. The van der Waals surface area contributed by atoms with Crippen LogP contribution in [0.2, 0.25) is 0 Å². The molecule has 8 nitrogen and oxygen atoms in total. The van der Waals surface area contributed by atoms with Gasteiger partial charge >= 0.3 is 5.97 Å². The Morgan fingerprint density at radius 3 is 2.63 bits per heavy atom. The molecule has 9 heteroatoms. The number of anilines is 1. The lowest BCUT2D eigenvalue weighted by Gasteiger charge is -2.29. The summed E-state index contributed by atoms with van der Waals surface area (Å²) < 4.78 is 19.6. The van der Waals surface area contributed by atoms with Crippen LogP contribution in [-0.4, -0.2) is 39.2 Å². The largest absolute Gasteiger partial charge is 0.490 e. The average molecular weight is 537 g/mol. The zero-order valence-corrected chi connectivity index (χ0v) is 23.7. The number of hydrogen-bond acceptors (Lipinski definition) is 8. The van der Waals surface area contributed by atoms with Crippen molar-refractivity contribution in [3.8, 4) is 11.5 Å². The normalized spacial score (nSPS) is 14.8. The Bertz CT molecular complexity index is 1320. The van der Waals surface area contributed by atoms with Gasteiger partial charge < -0.3 is 19.5 Å². The lowest BCUT2D eigenvalue weighted by atomic mass is 9.95. The van der Waals surface area contributed by atoms with Gasteiger partial charge in [0.25, 0.3) is 0 Å². The van der Waals surface area contributed by atoms with Gasteiger partial charge in [0.2, 0.25) is 11.1 Å². The Morgan fingerprint density at radius 2 is 1.92 bits per heavy atom. The number of nitrogens with one attached hydrogen (secondary N) is 1. The van der Waals surface area contributed by atoms with E-state index in [1.165, 1.54) is 5.56 Å². The minimum atomic E-state index is -0.536. The standard InChI is InChI=1S/C29H36N4O4S/c1-7-14-38-29-31-28-30-20(6)25(27(34)37-18(3)4)26(33(28)32-29)22-12-13-23(24(16-22)35-8-2)36-17-21-11-9-10-19(5)15-21/h9-13,15-16,18,26H,7-8,14,17H2,1-6H3,(H,30,31,32). The summed E-state index contributed by atoms with van der Waals surface area (Å²) >= 11 is 1.59. The van der Waals surface area contributed by atoms with E-state index in [1.54, 1.807) is 16.4 Å². The number of ether oxygens (including phenoxy) is 3. The number of benzene rings is 2. The summed E-state index contributed by atoms with van der Waals surface area (Å²) in [6.45, 7) is 12.6. The number of aryl methyl sites for hydroxylation is 1. The van der Waals surface area contributed by atoms with Crippen molar-refractivity contribution in [3.05, 3.63) is 70.4 Å². The molecule has 2 heterocycles. The average Bonchev–Trinajstić information content (AvgIpc) is 3.28. The summed E-state index contributed by atoms with van der Waals surface area (Å²) in [7, 11) is 0. The molecule has 0 aliphatic carbocycles. The van der Waals surface area contributed by atoms with E-state index in [9.17, 15) is 4.79 Å². The molecule has 0 amide bonds. The monoisotopic (exact) mass is 536 g/mol. The second-order valence-corrected chi connectivity index (χ2v) is 10.5. The van der Waals surface area contributed by atoms with Crippen molar-refractivity contribution in [2.24, 2.45) is 0 Å². The topological polar surface area (TPSA) is 87.5 Å². The molecule has 0 fully saturated rings. The van der Waals surface area contributed by atoms with E-state index in [1.807, 2.05) is 58.0 Å². The summed E-state index contributed by atoms with van der Waals surface area (Å²) in [6.07, 6.45) is 0.753. The minimum Gasteiger partial charge on any atom is -0.490 e. The third-order valence-corrected chi connectivity index (χ3v) is 6.93. The van der Waals surface area contributed by atoms with E-state index in [0.717, 1.165) is 23.3 Å². The van der Waals surface area contributed by atoms with Gasteiger partial charge in [0.05, 0.1) is 18.3 Å². The van der Waals surface area contributed by atoms with Crippen molar-refractivity contribution >= 4 is 23.7 Å². The van der Waals surface area contributed by atoms with Crippen LogP contribution in [0.5, 0.6) is 11.5 Å². The zero-order valence-electron chi connectivity index (χ0n) is 22.9. The Labute approximate surface area is 228 Å². The number of fused-ring (bicyclic) bond motifs is 1. The van der Waals surface area contributed by atoms with Gasteiger partial charge in [-0.05, 0) is 64.3 Å². The van der Waals surface area contributed by atoms with Gasteiger partial charge in [-0.1, -0.05) is 54.6 Å². The lowest BCUT2D eigenvalue weighted by Crippen LogP contribution is -2.30. The van der Waals surface area contributed by atoms with Crippen LogP contribution in [0.3, 0.4) is 0 Å². The summed E-state index contributed by atoms with van der Waals surface area (Å²) in [4.78, 5) is 18.0. The van der Waals surface area contributed by atoms with Gasteiger partial charge in [0.1, 0.15) is 12.6 Å². The number of aromatic nitrogens is 3. The molecule has 0 saturated heterocycles. The minimum absolute atomic E-state index is 0.257. The van der Waals surface area contributed by atoms with Crippen molar-refractivity contribution < 1.29 is 19.0 Å². The molecular weight excluding hydrogens is 500 g/mol. The third-order valence-electron chi connectivity index (χ3n) is 5.89. The predicted octanol–water partition coefficient (Wildman–Crippen LogP) is 6.31. The molecule has 1 aromatic heterocycles. The number of rotatable bonds is 11. The first-order valence-corrected chi connectivity index (χ1v) is 14.0. The molecule has 0 bridgehead atoms. The second kappa shape index (κ2) is 12.4. The third kappa shape index (κ3) is 6.32. The first kappa shape index (κ1) is 27.6. The highest BCUT2D eigenvalue weighted by Gasteiger charge is 2.36. The van der Waals surface area contributed by atoms with Crippen molar-refractivity contribution in [3.63, 3.8) is 0 Å². The van der Waals surface area contributed by atoms with Crippen molar-refractivity contribution in [1.82, 2.24) is 14.8 Å². The van der Waals surface area contributed by atoms with Crippen LogP contribution in [0.25, 0.3) is 0 Å². The number of nitrogens with zero attached hydrogens (tertiary/aromatic N) is 3. The van der Waals surface area contributed by atoms with Crippen LogP contribution in [0.4, 0.5) is 5.95 Å². The predicted molar refractivity (Wildman–Crippen MR) is 150 cm³/mol. The quantitative estimate of drug-likeness (QED) is 0.225. The molecule has 3 aromatic rings. The molecule has 202 valence electrons. The van der Waals surface area contributed by atoms with Crippen molar-refractivity contribution in [1.29, 1.82) is 0 Å². The van der Waals surface area contributed by atoms with Crippen LogP contribution >= 0.6 is 11.8 Å². The highest BCUT2D eigenvalue weighted by atomic mass is 32.2. The van der Waals surface area contributed by atoms with Crippen LogP contribution in [0, 0.1) is 6.92 Å². The van der Waals surface area contributed by atoms with Gasteiger partial charge in [0.15, 0.2) is 11.5 Å². The number of esters is 1. The van der Waals surface area contributed by atoms with E-state index in [-0.39, 0.29) is 6.10 Å². The molecule has 0 radical (unpaired) electrons. The molecule has 0 spiro atoms. The van der Waals surface area contributed by atoms with E-state index >= 15 is 0 Å². The van der Waals surface area contributed by atoms with Crippen LogP contribution in [-0.2, 0) is 16.1 Å². The Hall–Kier alpha value is -3.46. The molecule has 4 rings (SSSR count). The Balaban J connectivity index is 1.73. The van der Waals surface area contributed by atoms with Gasteiger partial charge in [-0.3, -0.25) is 0 Å². The fourth-order valence-corrected chi connectivity index (χ4v) is 4.96. The molecule has 1 N–H and O–H groups in total. The molecule has 1 unspecified atom stereocenters. The molecule has 1 aliphatic rings. The van der Waals surface area contributed by atoms with Gasteiger partial charge in [-0.25, -0.2) is 9.48 Å². The Morgan fingerprint density at radius 1 is 1.11 bits per heavy atom. The number of thioether (sulfide) groups is 1. The van der Waals surface area contributed by atoms with Gasteiger partial charge in [-0.15, -0.1) is 5.10 Å². The molecule has 0 saturated carbocycles. The molecular formula is C29H36N4O4S. The van der Waals surface area contributed by atoms with E-state index in [0.29, 0.717) is 47.1 Å². The Kier molecular flexibility index (Phi) is 8.99. The first-order chi connectivity index (χ1) is 18.3. The summed E-state index contributed by atoms with van der Waals surface area (Å²) in [5.74, 6) is 2.34. The number of hydrogen-bond donors (Lipinski definition) is 1. The molecule has 2 aromatic carbocycles. The lowest BCUT2D eigenvalue weighted by molar-refractivity contribution is -0.143. The highest BCUT2D eigenvalue weighted by Crippen LogP contribution is 2.40. The summed E-state index contributed by atoms with van der Waals surface area (Å²) in [6, 6.07) is 13.4. The van der Waals surface area contributed by atoms with Crippen molar-refractivity contribution in [2.45, 2.75) is 71.9 Å². The summed E-state index contributed by atoms with van der Waals surface area (Å²) in [5.41, 5.74) is 4.26. The first-order valence-electron chi connectivity index (χ1n) is 13.0. The number of carbonyl (C=O) groups is 1. The summed E-state index contributed by atoms with van der Waals surface area (Å²) in [5, 5.41) is 8.68. The zero-order chi connectivity index (χ0) is 27.2. The van der Waals surface area contributed by atoms with Crippen LogP contribution in [0.1, 0.15) is 63.8 Å². The maximum Gasteiger partial charge on any atom is 0.338 e.